The zero-order valence-electron chi connectivity index (χ0n) is 8.02. The molecule has 2 heteroatoms. The van der Waals surface area contributed by atoms with Gasteiger partial charge in [0.15, 0.2) is 0 Å². The molecule has 0 aromatic carbocycles. The maximum Gasteiger partial charge on any atom is 0.0611 e. The molecule has 0 aliphatic carbocycles. The highest BCUT2D eigenvalue weighted by Crippen LogP contribution is 2.17. The summed E-state index contributed by atoms with van der Waals surface area (Å²) in [5, 5.41) is 0. The van der Waals surface area contributed by atoms with Crippen molar-refractivity contribution in [3.63, 3.8) is 0 Å². The zero-order valence-corrected chi connectivity index (χ0v) is 9.02. The first kappa shape index (κ1) is 11.4. The fourth-order valence-electron chi connectivity index (χ4n) is 1.14. The van der Waals surface area contributed by atoms with Crippen molar-refractivity contribution in [3.05, 3.63) is 0 Å². The van der Waals surface area contributed by atoms with Gasteiger partial charge in [0.05, 0.1) is 6.10 Å². The largest absolute Gasteiger partial charge is 0.360 e. The predicted molar refractivity (Wildman–Crippen MR) is 53.5 cm³/mol. The lowest BCUT2D eigenvalue weighted by Gasteiger charge is -2.13. The lowest BCUT2D eigenvalue weighted by molar-refractivity contribution is 0.212. The van der Waals surface area contributed by atoms with E-state index in [0.29, 0.717) is 14.9 Å². The van der Waals surface area contributed by atoms with Crippen LogP contribution in [-0.4, -0.2) is 12.8 Å². The van der Waals surface area contributed by atoms with Crippen molar-refractivity contribution in [2.24, 2.45) is 0 Å². The van der Waals surface area contributed by atoms with E-state index in [2.05, 4.69) is 20.5 Å². The smallest absolute Gasteiger partial charge is 0.0611 e. The van der Waals surface area contributed by atoms with Crippen molar-refractivity contribution in [2.45, 2.75) is 52.1 Å². The molecule has 0 rings (SSSR count). The summed E-state index contributed by atoms with van der Waals surface area (Å²) in [5.74, 6) is 0. The zero-order chi connectivity index (χ0) is 8.53. The van der Waals surface area contributed by atoms with Gasteiger partial charge in [-0.1, -0.05) is 33.1 Å². The second kappa shape index (κ2) is 8.49. The Kier molecular flexibility index (Phi) is 8.79. The summed E-state index contributed by atoms with van der Waals surface area (Å²) in [7, 11) is 0.657. The van der Waals surface area contributed by atoms with Crippen molar-refractivity contribution < 1.29 is 4.52 Å². The van der Waals surface area contributed by atoms with Crippen LogP contribution in [0.1, 0.15) is 46.0 Å². The van der Waals surface area contributed by atoms with Crippen LogP contribution in [0.5, 0.6) is 0 Å². The second-order valence-corrected chi connectivity index (χ2v) is 3.49. The summed E-state index contributed by atoms with van der Waals surface area (Å²) < 4.78 is 5.57. The van der Waals surface area contributed by atoms with E-state index in [4.69, 9.17) is 4.52 Å². The molecule has 0 aliphatic heterocycles. The Morgan fingerprint density at radius 1 is 1.27 bits per heavy atom. The molecule has 0 spiro atoms. The third-order valence-corrected chi connectivity index (χ3v) is 2.44. The lowest BCUT2D eigenvalue weighted by Crippen LogP contribution is -2.05. The Labute approximate surface area is 72.8 Å². The molecule has 0 saturated carbocycles. The fraction of sp³-hybridized carbons (Fsp3) is 1.00. The number of unbranched alkanes of at least 4 members (excludes halogenated alkanes) is 2. The first-order chi connectivity index (χ1) is 5.35. The summed E-state index contributed by atoms with van der Waals surface area (Å²) in [5.41, 5.74) is 0. The Bertz CT molecular complexity index is 76.0. The van der Waals surface area contributed by atoms with E-state index in [-0.39, 0.29) is 0 Å². The fourth-order valence-corrected chi connectivity index (χ4v) is 1.75. The number of hydrogen-bond donors (Lipinski definition) is 0. The second-order valence-electron chi connectivity index (χ2n) is 2.85. The molecule has 2 unspecified atom stereocenters. The summed E-state index contributed by atoms with van der Waals surface area (Å²) in [6.45, 7) is 6.54. The van der Waals surface area contributed by atoms with Crippen molar-refractivity contribution in [1.82, 2.24) is 0 Å². The van der Waals surface area contributed by atoms with E-state index in [9.17, 15) is 0 Å². The first-order valence-electron chi connectivity index (χ1n) is 4.67. The highest BCUT2D eigenvalue weighted by Gasteiger charge is 2.03. The van der Waals surface area contributed by atoms with Crippen LogP contribution in [0.3, 0.4) is 0 Å². The molecule has 0 saturated heterocycles. The standard InChI is InChI=1S/C9H21OP/c1-4-6-7-8-9(5-2)10-11-3/h9,11H,4-8H2,1-3H3. The summed E-state index contributed by atoms with van der Waals surface area (Å²) in [4.78, 5) is 0. The monoisotopic (exact) mass is 176 g/mol. The highest BCUT2D eigenvalue weighted by atomic mass is 31.1. The minimum absolute atomic E-state index is 0.532. The van der Waals surface area contributed by atoms with Gasteiger partial charge in [-0.15, -0.1) is 0 Å². The first-order valence-corrected chi connectivity index (χ1v) is 6.08. The molecular weight excluding hydrogens is 155 g/mol. The Balaban J connectivity index is 3.20. The maximum atomic E-state index is 5.57. The van der Waals surface area contributed by atoms with Crippen LogP contribution in [0.2, 0.25) is 0 Å². The van der Waals surface area contributed by atoms with E-state index in [0.717, 1.165) is 0 Å². The molecule has 0 N–H and O–H groups in total. The topological polar surface area (TPSA) is 9.23 Å². The Morgan fingerprint density at radius 3 is 2.45 bits per heavy atom. The SMILES string of the molecule is CCCCCC(CC)OPC. The summed E-state index contributed by atoms with van der Waals surface area (Å²) in [6, 6.07) is 0. The summed E-state index contributed by atoms with van der Waals surface area (Å²) >= 11 is 0. The van der Waals surface area contributed by atoms with Crippen LogP contribution < -0.4 is 0 Å². The van der Waals surface area contributed by atoms with Crippen molar-refractivity contribution in [1.29, 1.82) is 0 Å². The average molecular weight is 176 g/mol. The van der Waals surface area contributed by atoms with Gasteiger partial charge in [-0.05, 0) is 19.5 Å². The lowest BCUT2D eigenvalue weighted by atomic mass is 10.1. The molecule has 0 aliphatic rings. The van der Waals surface area contributed by atoms with Gasteiger partial charge in [-0.25, -0.2) is 0 Å². The molecule has 1 nitrogen and oxygen atoms in total. The number of rotatable bonds is 7. The highest BCUT2D eigenvalue weighted by molar-refractivity contribution is 7.31. The molecule has 0 heterocycles. The molecule has 0 radical (unpaired) electrons. The normalized spacial score (nSPS) is 14.5. The molecule has 0 fully saturated rings. The quantitative estimate of drug-likeness (QED) is 0.425. The Hall–Kier alpha value is 0.390. The van der Waals surface area contributed by atoms with E-state index in [1.54, 1.807) is 0 Å². The molecular formula is C9H21OP. The molecule has 0 aromatic heterocycles. The van der Waals surface area contributed by atoms with Crippen LogP contribution in [0, 0.1) is 0 Å². The van der Waals surface area contributed by atoms with Gasteiger partial charge in [-0.3, -0.25) is 0 Å². The van der Waals surface area contributed by atoms with E-state index < -0.39 is 0 Å². The van der Waals surface area contributed by atoms with Crippen LogP contribution in [-0.2, 0) is 4.52 Å². The molecule has 0 amide bonds. The molecule has 0 aromatic rings. The average Bonchev–Trinajstić information content (AvgIpc) is 2.03. The van der Waals surface area contributed by atoms with E-state index in [1.165, 1.54) is 32.1 Å². The van der Waals surface area contributed by atoms with Gasteiger partial charge in [0.2, 0.25) is 0 Å². The van der Waals surface area contributed by atoms with E-state index >= 15 is 0 Å². The van der Waals surface area contributed by atoms with Crippen molar-refractivity contribution in [2.75, 3.05) is 6.66 Å². The van der Waals surface area contributed by atoms with Crippen LogP contribution in [0.4, 0.5) is 0 Å². The molecule has 11 heavy (non-hydrogen) atoms. The van der Waals surface area contributed by atoms with Gasteiger partial charge < -0.3 is 4.52 Å². The van der Waals surface area contributed by atoms with Gasteiger partial charge in [0, 0.05) is 8.81 Å². The molecule has 2 atom stereocenters. The predicted octanol–water partition coefficient (Wildman–Crippen LogP) is 3.59. The van der Waals surface area contributed by atoms with Crippen LogP contribution in [0.25, 0.3) is 0 Å². The van der Waals surface area contributed by atoms with Crippen molar-refractivity contribution in [3.8, 4) is 0 Å². The third-order valence-electron chi connectivity index (χ3n) is 1.87. The third kappa shape index (κ3) is 6.77. The molecule has 68 valence electrons. The van der Waals surface area contributed by atoms with Gasteiger partial charge in [0.1, 0.15) is 0 Å². The minimum atomic E-state index is 0.532. The van der Waals surface area contributed by atoms with Crippen LogP contribution >= 0.6 is 8.81 Å². The minimum Gasteiger partial charge on any atom is -0.360 e. The van der Waals surface area contributed by atoms with E-state index in [1.807, 2.05) is 0 Å². The van der Waals surface area contributed by atoms with Crippen molar-refractivity contribution >= 4 is 8.81 Å². The van der Waals surface area contributed by atoms with Gasteiger partial charge >= 0.3 is 0 Å². The van der Waals surface area contributed by atoms with Crippen LogP contribution in [0.15, 0.2) is 0 Å². The maximum absolute atomic E-state index is 5.57. The molecule has 0 bridgehead atoms. The summed E-state index contributed by atoms with van der Waals surface area (Å²) in [6.07, 6.45) is 6.96. The Morgan fingerprint density at radius 2 is 2.00 bits per heavy atom. The number of hydrogen-bond acceptors (Lipinski definition) is 1. The van der Waals surface area contributed by atoms with Gasteiger partial charge in [-0.2, -0.15) is 0 Å². The van der Waals surface area contributed by atoms with Gasteiger partial charge in [0.25, 0.3) is 0 Å².